The number of aliphatic hydroxyl groups excluding tert-OH is 1. The Labute approximate surface area is 116 Å². The van der Waals surface area contributed by atoms with Gasteiger partial charge < -0.3 is 9.84 Å². The summed E-state index contributed by atoms with van der Waals surface area (Å²) >= 11 is 0. The number of aliphatic hydroxyl groups is 1. The Morgan fingerprint density at radius 1 is 1.32 bits per heavy atom. The third kappa shape index (κ3) is 2.51. The maximum absolute atomic E-state index is 9.96. The molecular weight excluding hydrogens is 236 g/mol. The third-order valence-corrected chi connectivity index (χ3v) is 4.66. The van der Waals surface area contributed by atoms with Gasteiger partial charge in [-0.2, -0.15) is 0 Å². The fourth-order valence-electron chi connectivity index (χ4n) is 2.78. The Morgan fingerprint density at radius 2 is 1.95 bits per heavy atom. The Balaban J connectivity index is 2.22. The summed E-state index contributed by atoms with van der Waals surface area (Å²) in [7, 11) is 0. The van der Waals surface area contributed by atoms with Crippen molar-refractivity contribution in [1.82, 2.24) is 0 Å². The van der Waals surface area contributed by atoms with Crippen molar-refractivity contribution < 1.29 is 9.84 Å². The SMILES string of the molecule is CCC1(C)C(O)CC1Oc1ccccc1C(C)(C)C. The normalized spacial score (nSPS) is 30.8. The highest BCUT2D eigenvalue weighted by Gasteiger charge is 2.51. The highest BCUT2D eigenvalue weighted by Crippen LogP contribution is 2.47. The molecule has 0 bridgehead atoms. The summed E-state index contributed by atoms with van der Waals surface area (Å²) in [6.07, 6.45) is 1.57. The van der Waals surface area contributed by atoms with Crippen LogP contribution in [0.2, 0.25) is 0 Å². The van der Waals surface area contributed by atoms with Gasteiger partial charge in [0.2, 0.25) is 0 Å². The van der Waals surface area contributed by atoms with E-state index in [0.29, 0.717) is 0 Å². The number of ether oxygens (including phenoxy) is 1. The molecule has 19 heavy (non-hydrogen) atoms. The average Bonchev–Trinajstić information content (AvgIpc) is 2.36. The summed E-state index contributed by atoms with van der Waals surface area (Å²) in [6, 6.07) is 8.25. The minimum absolute atomic E-state index is 0.0710. The van der Waals surface area contributed by atoms with E-state index in [4.69, 9.17) is 4.74 Å². The van der Waals surface area contributed by atoms with Gasteiger partial charge in [-0.15, -0.1) is 0 Å². The van der Waals surface area contributed by atoms with Gasteiger partial charge in [0.1, 0.15) is 11.9 Å². The molecule has 2 nitrogen and oxygen atoms in total. The molecule has 0 amide bonds. The molecule has 0 saturated heterocycles. The zero-order valence-electron chi connectivity index (χ0n) is 12.7. The minimum atomic E-state index is -0.232. The summed E-state index contributed by atoms with van der Waals surface area (Å²) in [5.41, 5.74) is 1.20. The van der Waals surface area contributed by atoms with Gasteiger partial charge in [0, 0.05) is 11.8 Å². The van der Waals surface area contributed by atoms with E-state index in [1.165, 1.54) is 5.56 Å². The predicted octanol–water partition coefficient (Wildman–Crippen LogP) is 3.91. The molecule has 3 unspecified atom stereocenters. The highest BCUT2D eigenvalue weighted by atomic mass is 16.5. The lowest BCUT2D eigenvalue weighted by atomic mass is 9.63. The van der Waals surface area contributed by atoms with Gasteiger partial charge in [0.25, 0.3) is 0 Å². The summed E-state index contributed by atoms with van der Waals surface area (Å²) < 4.78 is 6.22. The van der Waals surface area contributed by atoms with Gasteiger partial charge in [0.15, 0.2) is 0 Å². The molecule has 1 aromatic carbocycles. The molecule has 106 valence electrons. The van der Waals surface area contributed by atoms with Crippen LogP contribution in [-0.2, 0) is 5.41 Å². The second-order valence-electron chi connectivity index (χ2n) is 6.96. The van der Waals surface area contributed by atoms with Gasteiger partial charge >= 0.3 is 0 Å². The summed E-state index contributed by atoms with van der Waals surface area (Å²) in [5.74, 6) is 0.964. The van der Waals surface area contributed by atoms with E-state index in [0.717, 1.165) is 18.6 Å². The molecule has 0 aromatic heterocycles. The van der Waals surface area contributed by atoms with Crippen LogP contribution in [0, 0.1) is 5.41 Å². The maximum Gasteiger partial charge on any atom is 0.123 e. The summed E-state index contributed by atoms with van der Waals surface area (Å²) in [6.45, 7) is 10.8. The molecule has 1 aromatic rings. The summed E-state index contributed by atoms with van der Waals surface area (Å²) in [4.78, 5) is 0. The third-order valence-electron chi connectivity index (χ3n) is 4.66. The van der Waals surface area contributed by atoms with E-state index < -0.39 is 0 Å². The first-order chi connectivity index (χ1) is 8.79. The van der Waals surface area contributed by atoms with Crippen LogP contribution in [0.25, 0.3) is 0 Å². The topological polar surface area (TPSA) is 29.5 Å². The second-order valence-corrected chi connectivity index (χ2v) is 6.96. The van der Waals surface area contributed by atoms with E-state index in [-0.39, 0.29) is 23.0 Å². The van der Waals surface area contributed by atoms with Crippen LogP contribution in [0.15, 0.2) is 24.3 Å². The molecule has 1 aliphatic rings. The van der Waals surface area contributed by atoms with E-state index in [1.54, 1.807) is 0 Å². The fraction of sp³-hybridized carbons (Fsp3) is 0.647. The van der Waals surface area contributed by atoms with Crippen molar-refractivity contribution in [2.24, 2.45) is 5.41 Å². The van der Waals surface area contributed by atoms with E-state index in [2.05, 4.69) is 46.8 Å². The van der Waals surface area contributed by atoms with Crippen molar-refractivity contribution in [2.75, 3.05) is 0 Å². The lowest BCUT2D eigenvalue weighted by Crippen LogP contribution is -2.57. The Bertz CT molecular complexity index is 447. The largest absolute Gasteiger partial charge is 0.489 e. The van der Waals surface area contributed by atoms with E-state index >= 15 is 0 Å². The quantitative estimate of drug-likeness (QED) is 0.895. The molecule has 0 aliphatic heterocycles. The molecule has 1 N–H and O–H groups in total. The van der Waals surface area contributed by atoms with Crippen molar-refractivity contribution in [3.8, 4) is 5.75 Å². The average molecular weight is 262 g/mol. The van der Waals surface area contributed by atoms with Crippen molar-refractivity contribution >= 4 is 0 Å². The lowest BCUT2D eigenvalue weighted by molar-refractivity contribution is -0.147. The molecule has 3 atom stereocenters. The molecule has 1 saturated carbocycles. The number of hydrogen-bond acceptors (Lipinski definition) is 2. The molecule has 0 spiro atoms. The van der Waals surface area contributed by atoms with Crippen molar-refractivity contribution in [3.63, 3.8) is 0 Å². The van der Waals surface area contributed by atoms with Crippen molar-refractivity contribution in [3.05, 3.63) is 29.8 Å². The molecular formula is C17H26O2. The standard InChI is InChI=1S/C17H26O2/c1-6-17(5)14(18)11-15(17)19-13-10-8-7-9-12(13)16(2,3)4/h7-10,14-15,18H,6,11H2,1-5H3. The lowest BCUT2D eigenvalue weighted by Gasteiger charge is -2.50. The van der Waals surface area contributed by atoms with Gasteiger partial charge in [-0.25, -0.2) is 0 Å². The Kier molecular flexibility index (Phi) is 3.65. The van der Waals surface area contributed by atoms with Gasteiger partial charge in [-0.1, -0.05) is 52.8 Å². The smallest absolute Gasteiger partial charge is 0.123 e. The molecule has 0 heterocycles. The number of benzene rings is 1. The van der Waals surface area contributed by atoms with Crippen molar-refractivity contribution in [1.29, 1.82) is 0 Å². The first-order valence-corrected chi connectivity index (χ1v) is 7.23. The second kappa shape index (κ2) is 4.82. The molecule has 1 aliphatic carbocycles. The predicted molar refractivity (Wildman–Crippen MR) is 78.6 cm³/mol. The zero-order chi connectivity index (χ0) is 14.3. The van der Waals surface area contributed by atoms with Gasteiger partial charge in [-0.05, 0) is 23.5 Å². The van der Waals surface area contributed by atoms with Gasteiger partial charge in [-0.3, -0.25) is 0 Å². The summed E-state index contributed by atoms with van der Waals surface area (Å²) in [5, 5.41) is 9.96. The fourth-order valence-corrected chi connectivity index (χ4v) is 2.78. The molecule has 2 heteroatoms. The molecule has 1 fully saturated rings. The van der Waals surface area contributed by atoms with E-state index in [1.807, 2.05) is 12.1 Å². The van der Waals surface area contributed by atoms with Crippen molar-refractivity contribution in [2.45, 2.75) is 65.1 Å². The van der Waals surface area contributed by atoms with Crippen LogP contribution in [-0.4, -0.2) is 17.3 Å². The van der Waals surface area contributed by atoms with Crippen LogP contribution in [0.3, 0.4) is 0 Å². The van der Waals surface area contributed by atoms with Crippen LogP contribution in [0.1, 0.15) is 53.0 Å². The Morgan fingerprint density at radius 3 is 2.47 bits per heavy atom. The zero-order valence-corrected chi connectivity index (χ0v) is 12.7. The highest BCUT2D eigenvalue weighted by molar-refractivity contribution is 5.38. The first-order valence-electron chi connectivity index (χ1n) is 7.23. The van der Waals surface area contributed by atoms with Crippen LogP contribution in [0.4, 0.5) is 0 Å². The number of hydrogen-bond donors (Lipinski definition) is 1. The maximum atomic E-state index is 9.96. The van der Waals surface area contributed by atoms with Crippen LogP contribution in [0.5, 0.6) is 5.75 Å². The van der Waals surface area contributed by atoms with Crippen LogP contribution >= 0.6 is 0 Å². The number of rotatable bonds is 3. The van der Waals surface area contributed by atoms with Gasteiger partial charge in [0.05, 0.1) is 6.10 Å². The van der Waals surface area contributed by atoms with E-state index in [9.17, 15) is 5.11 Å². The minimum Gasteiger partial charge on any atom is -0.489 e. The Hall–Kier alpha value is -1.02. The molecule has 2 rings (SSSR count). The first kappa shape index (κ1) is 14.4. The van der Waals surface area contributed by atoms with Crippen LogP contribution < -0.4 is 4.74 Å². The molecule has 0 radical (unpaired) electrons. The monoisotopic (exact) mass is 262 g/mol. The number of para-hydroxylation sites is 1.